The predicted molar refractivity (Wildman–Crippen MR) is 61.9 cm³/mol. The molecule has 1 heteroatoms. The summed E-state index contributed by atoms with van der Waals surface area (Å²) >= 11 is 0. The summed E-state index contributed by atoms with van der Waals surface area (Å²) in [5.74, 6) is 0. The highest BCUT2D eigenvalue weighted by molar-refractivity contribution is 5.46. The van der Waals surface area contributed by atoms with E-state index in [1.807, 2.05) is 18.2 Å². The van der Waals surface area contributed by atoms with Crippen LogP contribution in [0.5, 0.6) is 0 Å². The summed E-state index contributed by atoms with van der Waals surface area (Å²) in [5.41, 5.74) is 1.22. The third-order valence-electron chi connectivity index (χ3n) is 2.28. The Morgan fingerprint density at radius 3 is 2.36 bits per heavy atom. The maximum Gasteiger partial charge on any atom is 0.0236 e. The quantitative estimate of drug-likeness (QED) is 0.686. The van der Waals surface area contributed by atoms with Crippen molar-refractivity contribution in [2.45, 2.75) is 13.8 Å². The summed E-state index contributed by atoms with van der Waals surface area (Å²) in [6, 6.07) is 10.3. The average molecular weight is 188 g/mol. The minimum absolute atomic E-state index is 0.919. The Labute approximate surface area is 87.1 Å². The van der Waals surface area contributed by atoms with Crippen molar-refractivity contribution in [2.75, 3.05) is 19.6 Å². The van der Waals surface area contributed by atoms with E-state index in [2.05, 4.69) is 43.0 Å². The molecule has 0 amide bonds. The molecule has 0 bridgehead atoms. The molecule has 0 heterocycles. The third-order valence-corrected chi connectivity index (χ3v) is 2.28. The lowest BCUT2D eigenvalue weighted by atomic mass is 10.2. The molecular formula is C13H18N. The van der Waals surface area contributed by atoms with E-state index in [4.69, 9.17) is 0 Å². The number of rotatable bonds is 5. The number of likely N-dealkylation sites (N-methyl/N-ethyl adjacent to an activating group) is 1. The van der Waals surface area contributed by atoms with Crippen LogP contribution in [0.3, 0.4) is 0 Å². The van der Waals surface area contributed by atoms with Crippen molar-refractivity contribution in [3.63, 3.8) is 0 Å². The van der Waals surface area contributed by atoms with Crippen molar-refractivity contribution in [1.29, 1.82) is 0 Å². The van der Waals surface area contributed by atoms with Gasteiger partial charge in [-0.15, -0.1) is 0 Å². The van der Waals surface area contributed by atoms with Crippen LogP contribution in [-0.4, -0.2) is 24.5 Å². The van der Waals surface area contributed by atoms with Gasteiger partial charge in [-0.25, -0.2) is 0 Å². The van der Waals surface area contributed by atoms with Gasteiger partial charge in [-0.1, -0.05) is 50.3 Å². The second-order valence-electron chi connectivity index (χ2n) is 3.22. The summed E-state index contributed by atoms with van der Waals surface area (Å²) < 4.78 is 0. The van der Waals surface area contributed by atoms with Gasteiger partial charge in [0.2, 0.25) is 0 Å². The molecule has 0 fully saturated rings. The number of hydrogen-bond donors (Lipinski definition) is 0. The molecule has 1 aromatic carbocycles. The lowest BCUT2D eigenvalue weighted by Crippen LogP contribution is -2.22. The fourth-order valence-corrected chi connectivity index (χ4v) is 1.29. The largest absolute Gasteiger partial charge is 0.300 e. The van der Waals surface area contributed by atoms with E-state index >= 15 is 0 Å². The SMILES string of the molecule is CCN(CC)C[C]=Cc1ccccc1. The van der Waals surface area contributed by atoms with Crippen LogP contribution in [0.4, 0.5) is 0 Å². The number of hydrogen-bond acceptors (Lipinski definition) is 1. The smallest absolute Gasteiger partial charge is 0.0236 e. The Kier molecular flexibility index (Phi) is 5.02. The molecule has 0 atom stereocenters. The zero-order valence-corrected chi connectivity index (χ0v) is 9.03. The molecule has 0 spiro atoms. The first-order valence-corrected chi connectivity index (χ1v) is 5.20. The normalized spacial score (nSPS) is 11.4. The third kappa shape index (κ3) is 3.75. The predicted octanol–water partition coefficient (Wildman–Crippen LogP) is 2.84. The highest BCUT2D eigenvalue weighted by atomic mass is 15.1. The Balaban J connectivity index is 2.41. The van der Waals surface area contributed by atoms with E-state index in [1.165, 1.54) is 5.56 Å². The van der Waals surface area contributed by atoms with E-state index in [0.717, 1.165) is 19.6 Å². The van der Waals surface area contributed by atoms with Crippen LogP contribution in [0, 0.1) is 6.08 Å². The second kappa shape index (κ2) is 6.39. The Bertz CT molecular complexity index is 260. The zero-order valence-electron chi connectivity index (χ0n) is 9.03. The van der Waals surface area contributed by atoms with Crippen LogP contribution in [0.25, 0.3) is 6.08 Å². The van der Waals surface area contributed by atoms with Gasteiger partial charge in [0.25, 0.3) is 0 Å². The van der Waals surface area contributed by atoms with Crippen LogP contribution in [0.15, 0.2) is 30.3 Å². The van der Waals surface area contributed by atoms with Gasteiger partial charge < -0.3 is 0 Å². The Hall–Kier alpha value is -1.08. The summed E-state index contributed by atoms with van der Waals surface area (Å²) in [5, 5.41) is 0. The lowest BCUT2D eigenvalue weighted by Gasteiger charge is -2.14. The average Bonchev–Trinajstić information content (AvgIpc) is 2.26. The maximum absolute atomic E-state index is 3.30. The minimum Gasteiger partial charge on any atom is -0.300 e. The first-order chi connectivity index (χ1) is 6.86. The summed E-state index contributed by atoms with van der Waals surface area (Å²) in [6.45, 7) is 7.45. The van der Waals surface area contributed by atoms with Crippen molar-refractivity contribution in [2.24, 2.45) is 0 Å². The van der Waals surface area contributed by atoms with Crippen molar-refractivity contribution in [3.8, 4) is 0 Å². The van der Waals surface area contributed by atoms with E-state index in [-0.39, 0.29) is 0 Å². The Morgan fingerprint density at radius 2 is 1.79 bits per heavy atom. The highest BCUT2D eigenvalue weighted by Crippen LogP contribution is 2.00. The van der Waals surface area contributed by atoms with Gasteiger partial charge in [0.15, 0.2) is 0 Å². The van der Waals surface area contributed by atoms with Crippen LogP contribution in [0.1, 0.15) is 19.4 Å². The van der Waals surface area contributed by atoms with Crippen molar-refractivity contribution in [3.05, 3.63) is 42.0 Å². The first-order valence-electron chi connectivity index (χ1n) is 5.20. The zero-order chi connectivity index (χ0) is 10.2. The van der Waals surface area contributed by atoms with Crippen LogP contribution in [-0.2, 0) is 0 Å². The lowest BCUT2D eigenvalue weighted by molar-refractivity contribution is 0.334. The van der Waals surface area contributed by atoms with Crippen LogP contribution < -0.4 is 0 Å². The van der Waals surface area contributed by atoms with Crippen LogP contribution >= 0.6 is 0 Å². The molecule has 0 aromatic heterocycles. The van der Waals surface area contributed by atoms with Gasteiger partial charge in [-0.3, -0.25) is 4.90 Å². The molecule has 1 aromatic rings. The summed E-state index contributed by atoms with van der Waals surface area (Å²) in [6.07, 6.45) is 5.36. The number of nitrogens with zero attached hydrogens (tertiary/aromatic N) is 1. The molecule has 0 unspecified atom stereocenters. The molecule has 0 N–H and O–H groups in total. The fourth-order valence-electron chi connectivity index (χ4n) is 1.29. The van der Waals surface area contributed by atoms with Gasteiger partial charge in [-0.2, -0.15) is 0 Å². The molecule has 0 aliphatic carbocycles. The molecule has 1 nitrogen and oxygen atoms in total. The minimum atomic E-state index is 0.919. The second-order valence-corrected chi connectivity index (χ2v) is 3.22. The molecule has 0 aliphatic heterocycles. The Morgan fingerprint density at radius 1 is 1.14 bits per heavy atom. The molecule has 0 aliphatic rings. The molecule has 0 saturated carbocycles. The van der Waals surface area contributed by atoms with Gasteiger partial charge in [0.1, 0.15) is 0 Å². The maximum atomic E-state index is 3.30. The van der Waals surface area contributed by atoms with Crippen molar-refractivity contribution in [1.82, 2.24) is 4.90 Å². The van der Waals surface area contributed by atoms with Gasteiger partial charge >= 0.3 is 0 Å². The molecular weight excluding hydrogens is 170 g/mol. The number of benzene rings is 1. The fraction of sp³-hybridized carbons (Fsp3) is 0.385. The molecule has 1 rings (SSSR count). The first kappa shape index (κ1) is 11.0. The van der Waals surface area contributed by atoms with Gasteiger partial charge in [0.05, 0.1) is 0 Å². The molecule has 75 valence electrons. The molecule has 14 heavy (non-hydrogen) atoms. The topological polar surface area (TPSA) is 3.24 Å². The van der Waals surface area contributed by atoms with Gasteiger partial charge in [0, 0.05) is 6.54 Å². The molecule has 1 radical (unpaired) electrons. The van der Waals surface area contributed by atoms with Crippen molar-refractivity contribution < 1.29 is 0 Å². The van der Waals surface area contributed by atoms with E-state index in [9.17, 15) is 0 Å². The van der Waals surface area contributed by atoms with E-state index < -0.39 is 0 Å². The molecule has 0 saturated heterocycles. The van der Waals surface area contributed by atoms with Crippen molar-refractivity contribution >= 4 is 6.08 Å². The highest BCUT2D eigenvalue weighted by Gasteiger charge is 1.93. The summed E-state index contributed by atoms with van der Waals surface area (Å²) in [4.78, 5) is 2.33. The monoisotopic (exact) mass is 188 g/mol. The standard InChI is InChI=1S/C13H18N/c1-3-14(4-2)12-8-11-13-9-6-5-7-10-13/h5-7,9-11H,3-4,12H2,1-2H3. The van der Waals surface area contributed by atoms with E-state index in [1.54, 1.807) is 0 Å². The van der Waals surface area contributed by atoms with Crippen LogP contribution in [0.2, 0.25) is 0 Å². The van der Waals surface area contributed by atoms with Gasteiger partial charge in [-0.05, 0) is 24.7 Å². The summed E-state index contributed by atoms with van der Waals surface area (Å²) in [7, 11) is 0. The van der Waals surface area contributed by atoms with E-state index in [0.29, 0.717) is 0 Å².